The zero-order chi connectivity index (χ0) is 23.5. The molecule has 1 heterocycles. The van der Waals surface area contributed by atoms with Gasteiger partial charge < -0.3 is 15.2 Å². The summed E-state index contributed by atoms with van der Waals surface area (Å²) in [5, 5.41) is 22.4. The van der Waals surface area contributed by atoms with Crippen molar-refractivity contribution in [1.82, 2.24) is 15.0 Å². The SMILES string of the molecule is CCCC(=O)OC.Cc1nc(Cc2c(O)cccc2Cl)nc(Nc2ccc(C#N)cc2)n1. The first-order valence-electron chi connectivity index (χ1n) is 9.88. The summed E-state index contributed by atoms with van der Waals surface area (Å²) in [6.45, 7) is 3.71. The minimum Gasteiger partial charge on any atom is -0.508 e. The molecule has 2 N–H and O–H groups in total. The van der Waals surface area contributed by atoms with Gasteiger partial charge in [0, 0.05) is 29.1 Å². The number of methoxy groups -OCH3 is 1. The first-order valence-corrected chi connectivity index (χ1v) is 10.3. The number of rotatable bonds is 6. The predicted octanol–water partition coefficient (Wildman–Crippen LogP) is 4.70. The Labute approximate surface area is 191 Å². The van der Waals surface area contributed by atoms with Crippen LogP contribution in [-0.2, 0) is 16.0 Å². The van der Waals surface area contributed by atoms with E-state index in [0.29, 0.717) is 40.2 Å². The molecule has 0 fully saturated rings. The summed E-state index contributed by atoms with van der Waals surface area (Å²) in [7, 11) is 1.40. The Balaban J connectivity index is 0.000000451. The molecule has 1 aromatic heterocycles. The van der Waals surface area contributed by atoms with Gasteiger partial charge in [0.05, 0.1) is 18.7 Å². The van der Waals surface area contributed by atoms with Crippen LogP contribution in [0.1, 0.15) is 42.5 Å². The van der Waals surface area contributed by atoms with E-state index in [-0.39, 0.29) is 18.1 Å². The van der Waals surface area contributed by atoms with E-state index in [1.165, 1.54) is 7.11 Å². The maximum absolute atomic E-state index is 10.2. The summed E-state index contributed by atoms with van der Waals surface area (Å²) < 4.78 is 4.35. The number of carbonyl (C=O) groups is 1. The largest absolute Gasteiger partial charge is 0.508 e. The second-order valence-electron chi connectivity index (χ2n) is 6.68. The standard InChI is InChI=1S/C18H14ClN5O.C5H10O2/c1-11-21-17(9-14-15(19)3-2-4-16(14)25)24-18(22-11)23-13-7-5-12(10-20)6-8-13;1-3-4-5(6)7-2/h2-8,25H,9H2,1H3,(H,21,22,23,24);3-4H2,1-2H3. The molecule has 166 valence electrons. The second kappa shape index (κ2) is 12.2. The monoisotopic (exact) mass is 453 g/mol. The van der Waals surface area contributed by atoms with Gasteiger partial charge in [-0.1, -0.05) is 24.6 Å². The number of nitrogens with one attached hydrogen (secondary N) is 1. The van der Waals surface area contributed by atoms with Crippen LogP contribution in [0.15, 0.2) is 42.5 Å². The average molecular weight is 454 g/mol. The predicted molar refractivity (Wildman–Crippen MR) is 122 cm³/mol. The van der Waals surface area contributed by atoms with E-state index in [9.17, 15) is 9.90 Å². The van der Waals surface area contributed by atoms with Crippen LogP contribution in [0.2, 0.25) is 5.02 Å². The molecular formula is C23H24ClN5O3. The summed E-state index contributed by atoms with van der Waals surface area (Å²) in [5.74, 6) is 1.41. The highest BCUT2D eigenvalue weighted by Gasteiger charge is 2.11. The molecule has 0 aliphatic rings. The highest BCUT2D eigenvalue weighted by atomic mass is 35.5. The Morgan fingerprint density at radius 1 is 1.19 bits per heavy atom. The van der Waals surface area contributed by atoms with Gasteiger partial charge in [0.2, 0.25) is 5.95 Å². The topological polar surface area (TPSA) is 121 Å². The van der Waals surface area contributed by atoms with Crippen molar-refractivity contribution >= 4 is 29.2 Å². The quantitative estimate of drug-likeness (QED) is 0.515. The van der Waals surface area contributed by atoms with Crippen molar-refractivity contribution in [3.63, 3.8) is 0 Å². The van der Waals surface area contributed by atoms with Gasteiger partial charge in [-0.2, -0.15) is 15.2 Å². The van der Waals surface area contributed by atoms with Crippen molar-refractivity contribution in [1.29, 1.82) is 5.26 Å². The summed E-state index contributed by atoms with van der Waals surface area (Å²) in [4.78, 5) is 23.1. The fourth-order valence-electron chi connectivity index (χ4n) is 2.62. The van der Waals surface area contributed by atoms with Gasteiger partial charge in [0.15, 0.2) is 0 Å². The molecular weight excluding hydrogens is 430 g/mol. The molecule has 0 spiro atoms. The van der Waals surface area contributed by atoms with Crippen LogP contribution in [0.25, 0.3) is 0 Å². The van der Waals surface area contributed by atoms with Crippen LogP contribution in [0.3, 0.4) is 0 Å². The summed E-state index contributed by atoms with van der Waals surface area (Å²) in [6, 6.07) is 14.0. The molecule has 0 radical (unpaired) electrons. The summed E-state index contributed by atoms with van der Waals surface area (Å²) in [6.07, 6.45) is 1.69. The van der Waals surface area contributed by atoms with Crippen molar-refractivity contribution in [3.05, 3.63) is 70.3 Å². The highest BCUT2D eigenvalue weighted by molar-refractivity contribution is 6.31. The van der Waals surface area contributed by atoms with Crippen molar-refractivity contribution in [2.24, 2.45) is 0 Å². The highest BCUT2D eigenvalue weighted by Crippen LogP contribution is 2.27. The lowest BCUT2D eigenvalue weighted by Gasteiger charge is -2.09. The molecule has 2 aromatic carbocycles. The van der Waals surface area contributed by atoms with E-state index in [1.807, 2.05) is 6.92 Å². The molecule has 0 saturated heterocycles. The number of halogens is 1. The number of hydrogen-bond acceptors (Lipinski definition) is 8. The third kappa shape index (κ3) is 7.52. The van der Waals surface area contributed by atoms with E-state index >= 15 is 0 Å². The number of nitriles is 1. The van der Waals surface area contributed by atoms with Gasteiger partial charge in [-0.25, -0.2) is 4.98 Å². The third-order valence-corrected chi connectivity index (χ3v) is 4.53. The van der Waals surface area contributed by atoms with Crippen molar-refractivity contribution in [3.8, 4) is 11.8 Å². The van der Waals surface area contributed by atoms with E-state index in [0.717, 1.165) is 12.1 Å². The van der Waals surface area contributed by atoms with Crippen molar-refractivity contribution < 1.29 is 14.6 Å². The summed E-state index contributed by atoms with van der Waals surface area (Å²) in [5.41, 5.74) is 1.91. The first kappa shape index (κ1) is 24.6. The number of phenols is 1. The van der Waals surface area contributed by atoms with Crippen LogP contribution >= 0.6 is 11.6 Å². The summed E-state index contributed by atoms with van der Waals surface area (Å²) >= 11 is 6.14. The minimum atomic E-state index is -0.123. The van der Waals surface area contributed by atoms with E-state index in [2.05, 4.69) is 31.1 Å². The number of hydrogen-bond donors (Lipinski definition) is 2. The van der Waals surface area contributed by atoms with Gasteiger partial charge in [0.25, 0.3) is 0 Å². The molecule has 0 aliphatic carbocycles. The van der Waals surface area contributed by atoms with Crippen LogP contribution in [0.5, 0.6) is 5.75 Å². The van der Waals surface area contributed by atoms with Gasteiger partial charge in [0.1, 0.15) is 17.4 Å². The zero-order valence-electron chi connectivity index (χ0n) is 18.1. The molecule has 0 atom stereocenters. The van der Waals surface area contributed by atoms with Crippen LogP contribution in [-0.4, -0.2) is 33.1 Å². The van der Waals surface area contributed by atoms with Gasteiger partial charge in [-0.15, -0.1) is 0 Å². The molecule has 9 heteroatoms. The number of aryl methyl sites for hydroxylation is 1. The number of carbonyl (C=O) groups excluding carboxylic acids is 1. The van der Waals surface area contributed by atoms with Crippen LogP contribution in [0, 0.1) is 18.3 Å². The van der Waals surface area contributed by atoms with Crippen molar-refractivity contribution in [2.75, 3.05) is 12.4 Å². The fourth-order valence-corrected chi connectivity index (χ4v) is 2.85. The van der Waals surface area contributed by atoms with E-state index < -0.39 is 0 Å². The molecule has 0 unspecified atom stereocenters. The molecule has 32 heavy (non-hydrogen) atoms. The first-order chi connectivity index (χ1) is 15.4. The number of nitrogens with zero attached hydrogens (tertiary/aromatic N) is 4. The Morgan fingerprint density at radius 2 is 1.91 bits per heavy atom. The Bertz CT molecular complexity index is 1080. The molecule has 3 aromatic rings. The molecule has 0 aliphatic heterocycles. The minimum absolute atomic E-state index is 0.104. The van der Waals surface area contributed by atoms with E-state index in [1.54, 1.807) is 49.4 Å². The lowest BCUT2D eigenvalue weighted by Crippen LogP contribution is -2.06. The molecule has 0 saturated carbocycles. The molecule has 3 rings (SSSR count). The maximum atomic E-state index is 10.2. The zero-order valence-corrected chi connectivity index (χ0v) is 18.8. The second-order valence-corrected chi connectivity index (χ2v) is 7.08. The van der Waals surface area contributed by atoms with Crippen LogP contribution in [0.4, 0.5) is 11.6 Å². The lowest BCUT2D eigenvalue weighted by molar-refractivity contribution is -0.140. The van der Waals surface area contributed by atoms with E-state index in [4.69, 9.17) is 16.9 Å². The molecule has 0 bridgehead atoms. The number of ether oxygens (including phenoxy) is 1. The number of esters is 1. The number of anilines is 2. The number of aromatic hydroxyl groups is 1. The smallest absolute Gasteiger partial charge is 0.305 e. The van der Waals surface area contributed by atoms with Gasteiger partial charge in [-0.05, 0) is 49.7 Å². The Kier molecular flexibility index (Phi) is 9.39. The van der Waals surface area contributed by atoms with Gasteiger partial charge in [-0.3, -0.25) is 4.79 Å². The molecule has 0 amide bonds. The van der Waals surface area contributed by atoms with Gasteiger partial charge >= 0.3 is 5.97 Å². The number of phenolic OH excluding ortho intramolecular Hbond substituents is 1. The van der Waals surface area contributed by atoms with Crippen molar-refractivity contribution in [2.45, 2.75) is 33.1 Å². The Morgan fingerprint density at radius 3 is 2.47 bits per heavy atom. The van der Waals surface area contributed by atoms with Crippen LogP contribution < -0.4 is 5.32 Å². The Hall–Kier alpha value is -3.70. The lowest BCUT2D eigenvalue weighted by atomic mass is 10.1. The normalized spacial score (nSPS) is 9.84. The average Bonchev–Trinajstić information content (AvgIpc) is 2.77. The number of benzene rings is 2. The third-order valence-electron chi connectivity index (χ3n) is 4.17. The maximum Gasteiger partial charge on any atom is 0.305 e. The number of aromatic nitrogens is 3. The fraction of sp³-hybridized carbons (Fsp3) is 0.261. The molecule has 8 nitrogen and oxygen atoms in total.